The van der Waals surface area contributed by atoms with Gasteiger partial charge in [0.1, 0.15) is 13.2 Å². The second-order valence-corrected chi connectivity index (χ2v) is 5.93. The van der Waals surface area contributed by atoms with Gasteiger partial charge in [0.05, 0.1) is 0 Å². The average Bonchev–Trinajstić information content (AvgIpc) is 3.25. The Kier molecular flexibility index (Phi) is 3.32. The van der Waals surface area contributed by atoms with E-state index in [4.69, 9.17) is 15.2 Å². The highest BCUT2D eigenvalue weighted by Crippen LogP contribution is 2.57. The quantitative estimate of drug-likeness (QED) is 0.917. The van der Waals surface area contributed by atoms with E-state index in [1.807, 2.05) is 19.1 Å². The Morgan fingerprint density at radius 1 is 1.30 bits per heavy atom. The summed E-state index contributed by atoms with van der Waals surface area (Å²) in [6.07, 6.45) is 1.10. The van der Waals surface area contributed by atoms with Gasteiger partial charge in [0.2, 0.25) is 5.91 Å². The van der Waals surface area contributed by atoms with Crippen molar-refractivity contribution in [3.63, 3.8) is 0 Å². The SMILES string of the molecule is CC(C(N)=O)C(C)C1CC1c1cccc2c1OCCO2. The molecule has 4 nitrogen and oxygen atoms in total. The molecule has 1 aliphatic heterocycles. The van der Waals surface area contributed by atoms with Gasteiger partial charge >= 0.3 is 0 Å². The second-order valence-electron chi connectivity index (χ2n) is 5.93. The molecule has 1 amide bonds. The molecule has 1 aliphatic carbocycles. The van der Waals surface area contributed by atoms with E-state index in [0.717, 1.165) is 17.9 Å². The molecular formula is C16H21NO3. The molecule has 1 fully saturated rings. The van der Waals surface area contributed by atoms with Crippen LogP contribution in [0.15, 0.2) is 18.2 Å². The molecule has 0 aromatic heterocycles. The lowest BCUT2D eigenvalue weighted by Crippen LogP contribution is -2.27. The number of amides is 1. The molecule has 0 radical (unpaired) electrons. The van der Waals surface area contributed by atoms with E-state index in [-0.39, 0.29) is 11.8 Å². The van der Waals surface area contributed by atoms with E-state index < -0.39 is 0 Å². The number of nitrogens with two attached hydrogens (primary N) is 1. The van der Waals surface area contributed by atoms with Crippen LogP contribution in [-0.2, 0) is 4.79 Å². The van der Waals surface area contributed by atoms with Crippen LogP contribution in [0.3, 0.4) is 0 Å². The van der Waals surface area contributed by atoms with Gasteiger partial charge in [0.15, 0.2) is 11.5 Å². The fourth-order valence-electron chi connectivity index (χ4n) is 3.17. The largest absolute Gasteiger partial charge is 0.486 e. The van der Waals surface area contributed by atoms with Crippen LogP contribution in [0.25, 0.3) is 0 Å². The number of hydrogen-bond acceptors (Lipinski definition) is 3. The number of carbonyl (C=O) groups is 1. The van der Waals surface area contributed by atoms with E-state index >= 15 is 0 Å². The lowest BCUT2D eigenvalue weighted by atomic mass is 9.88. The molecule has 1 aromatic carbocycles. The molecule has 108 valence electrons. The molecular weight excluding hydrogens is 254 g/mol. The minimum Gasteiger partial charge on any atom is -0.486 e. The number of para-hydroxylation sites is 1. The maximum absolute atomic E-state index is 11.3. The number of rotatable bonds is 4. The van der Waals surface area contributed by atoms with Crippen molar-refractivity contribution in [3.05, 3.63) is 23.8 Å². The number of fused-ring (bicyclic) bond motifs is 1. The zero-order valence-electron chi connectivity index (χ0n) is 12.0. The Balaban J connectivity index is 1.78. The first-order valence-corrected chi connectivity index (χ1v) is 7.27. The summed E-state index contributed by atoms with van der Waals surface area (Å²) in [7, 11) is 0. The third kappa shape index (κ3) is 2.23. The average molecular weight is 275 g/mol. The lowest BCUT2D eigenvalue weighted by Gasteiger charge is -2.22. The van der Waals surface area contributed by atoms with Gasteiger partial charge in [-0.3, -0.25) is 4.79 Å². The third-order valence-corrected chi connectivity index (χ3v) is 4.75. The zero-order valence-corrected chi connectivity index (χ0v) is 12.0. The second kappa shape index (κ2) is 5.00. The van der Waals surface area contributed by atoms with Gasteiger partial charge in [-0.25, -0.2) is 0 Å². The normalized spacial score (nSPS) is 26.7. The van der Waals surface area contributed by atoms with Crippen LogP contribution in [0, 0.1) is 17.8 Å². The van der Waals surface area contributed by atoms with Crippen LogP contribution in [0.1, 0.15) is 31.7 Å². The van der Waals surface area contributed by atoms with Crippen LogP contribution in [0.5, 0.6) is 11.5 Å². The highest BCUT2D eigenvalue weighted by Gasteiger charge is 2.46. The summed E-state index contributed by atoms with van der Waals surface area (Å²) in [6, 6.07) is 6.07. The fraction of sp³-hybridized carbons (Fsp3) is 0.562. The van der Waals surface area contributed by atoms with Gasteiger partial charge in [0.25, 0.3) is 0 Å². The molecule has 3 rings (SSSR count). The van der Waals surface area contributed by atoms with Gasteiger partial charge in [-0.15, -0.1) is 0 Å². The highest BCUT2D eigenvalue weighted by atomic mass is 16.6. The molecule has 2 aliphatic rings. The van der Waals surface area contributed by atoms with Crippen molar-refractivity contribution in [2.24, 2.45) is 23.5 Å². The van der Waals surface area contributed by atoms with Crippen molar-refractivity contribution >= 4 is 5.91 Å². The lowest BCUT2D eigenvalue weighted by molar-refractivity contribution is -0.122. The van der Waals surface area contributed by atoms with Crippen molar-refractivity contribution < 1.29 is 14.3 Å². The number of primary amides is 1. The first-order chi connectivity index (χ1) is 9.59. The van der Waals surface area contributed by atoms with Crippen LogP contribution in [0.4, 0.5) is 0 Å². The summed E-state index contributed by atoms with van der Waals surface area (Å²) in [4.78, 5) is 11.3. The Hall–Kier alpha value is -1.71. The van der Waals surface area contributed by atoms with E-state index in [0.29, 0.717) is 31.0 Å². The summed E-state index contributed by atoms with van der Waals surface area (Å²) < 4.78 is 11.4. The summed E-state index contributed by atoms with van der Waals surface area (Å²) in [6.45, 7) is 5.25. The van der Waals surface area contributed by atoms with E-state index in [2.05, 4.69) is 13.0 Å². The van der Waals surface area contributed by atoms with E-state index in [9.17, 15) is 4.79 Å². The molecule has 0 spiro atoms. The Labute approximate surface area is 119 Å². The molecule has 0 bridgehead atoms. The van der Waals surface area contributed by atoms with Gasteiger partial charge in [-0.1, -0.05) is 26.0 Å². The van der Waals surface area contributed by atoms with Crippen molar-refractivity contribution in [2.75, 3.05) is 13.2 Å². The predicted molar refractivity (Wildman–Crippen MR) is 75.8 cm³/mol. The molecule has 4 unspecified atom stereocenters. The first-order valence-electron chi connectivity index (χ1n) is 7.27. The van der Waals surface area contributed by atoms with Crippen LogP contribution in [0.2, 0.25) is 0 Å². The Morgan fingerprint density at radius 3 is 2.80 bits per heavy atom. The number of hydrogen-bond donors (Lipinski definition) is 1. The molecule has 2 N–H and O–H groups in total. The Morgan fingerprint density at radius 2 is 2.05 bits per heavy atom. The summed E-state index contributed by atoms with van der Waals surface area (Å²) in [5, 5.41) is 0. The molecule has 4 heteroatoms. The molecule has 4 atom stereocenters. The molecule has 20 heavy (non-hydrogen) atoms. The van der Waals surface area contributed by atoms with Gasteiger partial charge in [-0.2, -0.15) is 0 Å². The third-order valence-electron chi connectivity index (χ3n) is 4.75. The van der Waals surface area contributed by atoms with Crippen LogP contribution < -0.4 is 15.2 Å². The molecule has 1 saturated carbocycles. The summed E-state index contributed by atoms with van der Waals surface area (Å²) >= 11 is 0. The fourth-order valence-corrected chi connectivity index (χ4v) is 3.17. The van der Waals surface area contributed by atoms with Gasteiger partial charge in [-0.05, 0) is 30.2 Å². The standard InChI is InChI=1S/C16H21NO3/c1-9(10(2)16(17)18)12-8-13(12)11-4-3-5-14-15(11)20-7-6-19-14/h3-5,9-10,12-13H,6-8H2,1-2H3,(H2,17,18). The van der Waals surface area contributed by atoms with E-state index in [1.165, 1.54) is 5.56 Å². The minimum absolute atomic E-state index is 0.0818. The number of carbonyl (C=O) groups excluding carboxylic acids is 1. The van der Waals surface area contributed by atoms with Gasteiger partial charge < -0.3 is 15.2 Å². The molecule has 0 saturated heterocycles. The highest BCUT2D eigenvalue weighted by molar-refractivity contribution is 5.76. The van der Waals surface area contributed by atoms with Crippen molar-refractivity contribution in [1.29, 1.82) is 0 Å². The smallest absolute Gasteiger partial charge is 0.220 e. The van der Waals surface area contributed by atoms with Crippen molar-refractivity contribution in [2.45, 2.75) is 26.2 Å². The number of ether oxygens (including phenoxy) is 2. The number of benzene rings is 1. The molecule has 1 aromatic rings. The topological polar surface area (TPSA) is 61.6 Å². The maximum Gasteiger partial charge on any atom is 0.220 e. The summed E-state index contributed by atoms with van der Waals surface area (Å²) in [5.74, 6) is 2.72. The monoisotopic (exact) mass is 275 g/mol. The predicted octanol–water partition coefficient (Wildman–Crippen LogP) is 2.32. The maximum atomic E-state index is 11.3. The van der Waals surface area contributed by atoms with E-state index in [1.54, 1.807) is 0 Å². The minimum atomic E-state index is -0.210. The zero-order chi connectivity index (χ0) is 14.3. The van der Waals surface area contributed by atoms with Crippen molar-refractivity contribution in [3.8, 4) is 11.5 Å². The first kappa shape index (κ1) is 13.3. The molecule has 1 heterocycles. The van der Waals surface area contributed by atoms with Crippen LogP contribution >= 0.6 is 0 Å². The van der Waals surface area contributed by atoms with Crippen LogP contribution in [-0.4, -0.2) is 19.1 Å². The van der Waals surface area contributed by atoms with Crippen molar-refractivity contribution in [1.82, 2.24) is 0 Å². The van der Waals surface area contributed by atoms with Gasteiger partial charge in [0, 0.05) is 11.5 Å². The summed E-state index contributed by atoms with van der Waals surface area (Å²) in [5.41, 5.74) is 6.63. The Bertz CT molecular complexity index is 528.